The summed E-state index contributed by atoms with van der Waals surface area (Å²) in [6, 6.07) is 6.40. The van der Waals surface area contributed by atoms with Crippen LogP contribution in [-0.2, 0) is 6.42 Å². The van der Waals surface area contributed by atoms with Gasteiger partial charge < -0.3 is 5.32 Å². The van der Waals surface area contributed by atoms with Gasteiger partial charge >= 0.3 is 0 Å². The smallest absolute Gasteiger partial charge is 0.0208 e. The molecular weight excluding hydrogens is 366 g/mol. The molecule has 0 aliphatic heterocycles. The second-order valence-electron chi connectivity index (χ2n) is 6.42. The Bertz CT molecular complexity index is 400. The van der Waals surface area contributed by atoms with Crippen LogP contribution in [0.1, 0.15) is 39.7 Å². The van der Waals surface area contributed by atoms with Crippen molar-refractivity contribution in [3.63, 3.8) is 0 Å². The largest absolute Gasteiger partial charge is 0.316 e. The Morgan fingerprint density at radius 1 is 1.21 bits per heavy atom. The van der Waals surface area contributed by atoms with E-state index in [-0.39, 0.29) is 0 Å². The van der Waals surface area contributed by atoms with E-state index >= 15 is 0 Å². The lowest BCUT2D eigenvalue weighted by atomic mass is 9.86. The van der Waals surface area contributed by atoms with E-state index in [2.05, 4.69) is 83.1 Å². The van der Waals surface area contributed by atoms with Crippen molar-refractivity contribution in [2.45, 2.75) is 40.5 Å². The third-order valence-corrected chi connectivity index (χ3v) is 4.50. The second kappa shape index (κ2) is 7.80. The summed E-state index contributed by atoms with van der Waals surface area (Å²) in [6.45, 7) is 11.4. The van der Waals surface area contributed by atoms with Gasteiger partial charge in [0.25, 0.3) is 0 Å². The van der Waals surface area contributed by atoms with Gasteiger partial charge in [-0.05, 0) is 54.5 Å². The van der Waals surface area contributed by atoms with Crippen LogP contribution in [0.15, 0.2) is 27.1 Å². The molecule has 0 unspecified atom stereocenters. The molecule has 108 valence electrons. The van der Waals surface area contributed by atoms with Gasteiger partial charge in [-0.1, -0.05) is 59.6 Å². The van der Waals surface area contributed by atoms with Crippen molar-refractivity contribution in [2.24, 2.45) is 11.3 Å². The van der Waals surface area contributed by atoms with Gasteiger partial charge in [-0.3, -0.25) is 0 Å². The number of benzene rings is 1. The average molecular weight is 391 g/mol. The van der Waals surface area contributed by atoms with Crippen LogP contribution in [0.2, 0.25) is 0 Å². The van der Waals surface area contributed by atoms with Crippen molar-refractivity contribution >= 4 is 31.9 Å². The summed E-state index contributed by atoms with van der Waals surface area (Å²) in [5.74, 6) is 0.718. The van der Waals surface area contributed by atoms with Crippen LogP contribution in [0, 0.1) is 11.3 Å². The number of hydrogen-bond acceptors (Lipinski definition) is 1. The predicted molar refractivity (Wildman–Crippen MR) is 91.7 cm³/mol. The van der Waals surface area contributed by atoms with Crippen LogP contribution in [-0.4, -0.2) is 13.1 Å². The van der Waals surface area contributed by atoms with E-state index in [4.69, 9.17) is 0 Å². The molecule has 1 aromatic rings. The zero-order chi connectivity index (χ0) is 14.5. The lowest BCUT2D eigenvalue weighted by Crippen LogP contribution is -2.32. The van der Waals surface area contributed by atoms with Gasteiger partial charge in [0, 0.05) is 15.5 Å². The summed E-state index contributed by atoms with van der Waals surface area (Å²) < 4.78 is 2.36. The highest BCUT2D eigenvalue weighted by Crippen LogP contribution is 2.27. The summed E-state index contributed by atoms with van der Waals surface area (Å²) in [6.07, 6.45) is 2.30. The molecule has 1 N–H and O–H groups in total. The highest BCUT2D eigenvalue weighted by Gasteiger charge is 2.18. The third-order valence-electron chi connectivity index (χ3n) is 3.24. The quantitative estimate of drug-likeness (QED) is 0.655. The Hall–Kier alpha value is 0.140. The molecule has 0 aromatic heterocycles. The molecule has 0 fully saturated rings. The summed E-state index contributed by atoms with van der Waals surface area (Å²) in [4.78, 5) is 0. The van der Waals surface area contributed by atoms with Crippen molar-refractivity contribution in [3.8, 4) is 0 Å². The summed E-state index contributed by atoms with van der Waals surface area (Å²) in [5, 5.41) is 3.57. The van der Waals surface area contributed by atoms with E-state index in [1.54, 1.807) is 0 Å². The number of halogens is 2. The molecule has 0 amide bonds. The maximum atomic E-state index is 3.63. The minimum Gasteiger partial charge on any atom is -0.316 e. The normalized spacial score (nSPS) is 12.2. The van der Waals surface area contributed by atoms with E-state index in [1.807, 2.05) is 0 Å². The minimum atomic E-state index is 0.330. The molecule has 0 bridgehead atoms. The molecule has 0 radical (unpaired) electrons. The fourth-order valence-corrected chi connectivity index (χ4v) is 2.85. The first-order chi connectivity index (χ1) is 8.80. The Balaban J connectivity index is 2.47. The highest BCUT2D eigenvalue weighted by atomic mass is 79.9. The molecule has 0 aliphatic carbocycles. The fraction of sp³-hybridized carbons (Fsp3) is 0.625. The molecule has 0 heterocycles. The topological polar surface area (TPSA) is 12.0 Å². The standard InChI is InChI=1S/C16H25Br2N/c1-12(2)10-19-11-16(3,4)8-7-13-9-14(17)5-6-15(13)18/h5-6,9,12,19H,7-8,10-11H2,1-4H3. The zero-order valence-electron chi connectivity index (χ0n) is 12.4. The summed E-state index contributed by atoms with van der Waals surface area (Å²) >= 11 is 7.17. The zero-order valence-corrected chi connectivity index (χ0v) is 15.6. The molecule has 0 aliphatic rings. The molecule has 19 heavy (non-hydrogen) atoms. The van der Waals surface area contributed by atoms with E-state index < -0.39 is 0 Å². The molecule has 0 spiro atoms. The summed E-state index contributed by atoms with van der Waals surface area (Å²) in [7, 11) is 0. The van der Waals surface area contributed by atoms with Gasteiger partial charge in [-0.2, -0.15) is 0 Å². The average Bonchev–Trinajstić information content (AvgIpc) is 2.30. The number of hydrogen-bond donors (Lipinski definition) is 1. The molecular formula is C16H25Br2N. The van der Waals surface area contributed by atoms with Gasteiger partial charge in [0.1, 0.15) is 0 Å². The minimum absolute atomic E-state index is 0.330. The first kappa shape index (κ1) is 17.2. The highest BCUT2D eigenvalue weighted by molar-refractivity contribution is 9.11. The van der Waals surface area contributed by atoms with Crippen LogP contribution >= 0.6 is 31.9 Å². The first-order valence-corrected chi connectivity index (χ1v) is 8.53. The lowest BCUT2D eigenvalue weighted by molar-refractivity contribution is 0.308. The monoisotopic (exact) mass is 389 g/mol. The second-order valence-corrected chi connectivity index (χ2v) is 8.19. The molecule has 1 rings (SSSR count). The van der Waals surface area contributed by atoms with Crippen LogP contribution in [0.5, 0.6) is 0 Å². The molecule has 0 saturated carbocycles. The van der Waals surface area contributed by atoms with Crippen LogP contribution in [0.4, 0.5) is 0 Å². The third kappa shape index (κ3) is 6.92. The van der Waals surface area contributed by atoms with Crippen molar-refractivity contribution in [2.75, 3.05) is 13.1 Å². The van der Waals surface area contributed by atoms with Gasteiger partial charge in [-0.15, -0.1) is 0 Å². The van der Waals surface area contributed by atoms with Crippen molar-refractivity contribution < 1.29 is 0 Å². The Morgan fingerprint density at radius 3 is 2.53 bits per heavy atom. The first-order valence-electron chi connectivity index (χ1n) is 6.95. The molecule has 3 heteroatoms. The molecule has 1 nitrogen and oxygen atoms in total. The van der Waals surface area contributed by atoms with Crippen molar-refractivity contribution in [3.05, 3.63) is 32.7 Å². The van der Waals surface area contributed by atoms with E-state index in [9.17, 15) is 0 Å². The van der Waals surface area contributed by atoms with Crippen LogP contribution in [0.3, 0.4) is 0 Å². The number of rotatable bonds is 7. The maximum Gasteiger partial charge on any atom is 0.0208 e. The van der Waals surface area contributed by atoms with E-state index in [1.165, 1.54) is 16.5 Å². The van der Waals surface area contributed by atoms with E-state index in [0.717, 1.165) is 29.9 Å². The lowest BCUT2D eigenvalue weighted by Gasteiger charge is -2.26. The van der Waals surface area contributed by atoms with Gasteiger partial charge in [-0.25, -0.2) is 0 Å². The fourth-order valence-electron chi connectivity index (χ4n) is 2.00. The Morgan fingerprint density at radius 2 is 1.89 bits per heavy atom. The number of aryl methyl sites for hydroxylation is 1. The predicted octanol–water partition coefficient (Wildman–Crippen LogP) is 5.42. The number of nitrogens with one attached hydrogen (secondary N) is 1. The summed E-state index contributed by atoms with van der Waals surface area (Å²) in [5.41, 5.74) is 1.71. The molecule has 0 saturated heterocycles. The van der Waals surface area contributed by atoms with Gasteiger partial charge in [0.15, 0.2) is 0 Å². The van der Waals surface area contributed by atoms with Crippen molar-refractivity contribution in [1.82, 2.24) is 5.32 Å². The Kier molecular flexibility index (Phi) is 7.06. The SMILES string of the molecule is CC(C)CNCC(C)(C)CCc1cc(Br)ccc1Br. The van der Waals surface area contributed by atoms with E-state index in [0.29, 0.717) is 5.41 Å². The van der Waals surface area contributed by atoms with Gasteiger partial charge in [0.05, 0.1) is 0 Å². The molecule has 1 aromatic carbocycles. The van der Waals surface area contributed by atoms with Crippen LogP contribution < -0.4 is 5.32 Å². The van der Waals surface area contributed by atoms with Crippen molar-refractivity contribution in [1.29, 1.82) is 0 Å². The molecule has 0 atom stereocenters. The Labute approximate surface area is 134 Å². The van der Waals surface area contributed by atoms with Gasteiger partial charge in [0.2, 0.25) is 0 Å². The maximum absolute atomic E-state index is 3.63. The van der Waals surface area contributed by atoms with Crippen LogP contribution in [0.25, 0.3) is 0 Å².